The van der Waals surface area contributed by atoms with Gasteiger partial charge in [-0.3, -0.25) is 0 Å². The van der Waals surface area contributed by atoms with Crippen LogP contribution in [0.2, 0.25) is 0 Å². The van der Waals surface area contributed by atoms with E-state index in [4.69, 9.17) is 9.47 Å². The maximum absolute atomic E-state index is 11.4. The summed E-state index contributed by atoms with van der Waals surface area (Å²) < 4.78 is 13.7. The smallest absolute Gasteiger partial charge is 0.431 e. The first-order chi connectivity index (χ1) is 9.52. The molecule has 0 bridgehead atoms. The molecule has 0 heterocycles. The Morgan fingerprint density at radius 3 is 2.35 bits per heavy atom. The molecule has 0 aliphatic heterocycles. The zero-order valence-corrected chi connectivity index (χ0v) is 11.3. The van der Waals surface area contributed by atoms with E-state index in [1.807, 2.05) is 6.92 Å². The number of hydrogen-bond donors (Lipinski definition) is 0. The Balaban J connectivity index is 2.42. The van der Waals surface area contributed by atoms with E-state index in [0.717, 1.165) is 6.42 Å². The Bertz CT molecular complexity index is 468. The minimum Gasteiger partial charge on any atom is -0.431 e. The van der Waals surface area contributed by atoms with Crippen LogP contribution in [0.3, 0.4) is 0 Å². The molecule has 1 atom stereocenters. The van der Waals surface area contributed by atoms with Crippen LogP contribution in [0.25, 0.3) is 0 Å². The molecule has 20 heavy (non-hydrogen) atoms. The normalized spacial score (nSPS) is 11.3. The van der Waals surface area contributed by atoms with Gasteiger partial charge >= 0.3 is 18.1 Å². The topological polar surface area (TPSA) is 78.9 Å². The second kappa shape index (κ2) is 7.93. The summed E-state index contributed by atoms with van der Waals surface area (Å²) in [5.74, 6) is -2.51. The Morgan fingerprint density at radius 2 is 1.75 bits per heavy atom. The fraction of sp³-hybridized carbons (Fsp3) is 0.357. The highest BCUT2D eigenvalue weighted by Gasteiger charge is 2.23. The van der Waals surface area contributed by atoms with E-state index in [2.05, 4.69) is 4.74 Å². The first-order valence-corrected chi connectivity index (χ1v) is 6.22. The summed E-state index contributed by atoms with van der Waals surface area (Å²) in [6, 6.07) is 7.98. The maximum atomic E-state index is 11.4. The molecule has 108 valence electrons. The molecular formula is C14H16O6. The average Bonchev–Trinajstić information content (AvgIpc) is 2.39. The van der Waals surface area contributed by atoms with Crippen LogP contribution < -0.4 is 4.74 Å². The largest absolute Gasteiger partial charge is 0.516 e. The summed E-state index contributed by atoms with van der Waals surface area (Å²) in [6.07, 6.45) is -0.137. The highest BCUT2D eigenvalue weighted by molar-refractivity contribution is 6.31. The molecule has 6 nitrogen and oxygen atoms in total. The molecule has 0 aliphatic rings. The van der Waals surface area contributed by atoms with Gasteiger partial charge in [0.15, 0.2) is 0 Å². The molecule has 0 radical (unpaired) electrons. The van der Waals surface area contributed by atoms with Crippen molar-refractivity contribution in [2.24, 2.45) is 0 Å². The molecule has 1 unspecified atom stereocenters. The number of esters is 2. The number of benzene rings is 1. The lowest BCUT2D eigenvalue weighted by Crippen LogP contribution is -2.27. The highest BCUT2D eigenvalue weighted by Crippen LogP contribution is 2.09. The van der Waals surface area contributed by atoms with Gasteiger partial charge in [0.2, 0.25) is 0 Å². The zero-order chi connectivity index (χ0) is 15.0. The fourth-order valence-corrected chi connectivity index (χ4v) is 1.41. The quantitative estimate of drug-likeness (QED) is 0.365. The number of hydrogen-bond acceptors (Lipinski definition) is 6. The molecule has 1 aromatic carbocycles. The summed E-state index contributed by atoms with van der Waals surface area (Å²) in [5.41, 5.74) is 0. The van der Waals surface area contributed by atoms with Crippen LogP contribution in [0.15, 0.2) is 30.3 Å². The molecule has 6 heteroatoms. The van der Waals surface area contributed by atoms with Gasteiger partial charge in [-0.25, -0.2) is 14.4 Å². The van der Waals surface area contributed by atoms with Gasteiger partial charge in [-0.2, -0.15) is 0 Å². The standard InChI is InChI=1S/C14H16O6/c1-3-7-10(2)18-14(17)20-13(16)12(15)19-11-8-5-4-6-9-11/h4-6,8-10H,3,7H2,1-2H3. The Morgan fingerprint density at radius 1 is 1.10 bits per heavy atom. The van der Waals surface area contributed by atoms with Crippen molar-refractivity contribution in [2.75, 3.05) is 0 Å². The van der Waals surface area contributed by atoms with Gasteiger partial charge in [-0.1, -0.05) is 31.5 Å². The molecule has 0 aromatic heterocycles. The molecular weight excluding hydrogens is 264 g/mol. The first-order valence-electron chi connectivity index (χ1n) is 6.22. The van der Waals surface area contributed by atoms with Gasteiger partial charge in [-0.05, 0) is 25.5 Å². The predicted octanol–water partition coefficient (Wildman–Crippen LogP) is 2.46. The zero-order valence-electron chi connectivity index (χ0n) is 11.3. The van der Waals surface area contributed by atoms with Crippen LogP contribution in [-0.2, 0) is 19.1 Å². The second-order valence-corrected chi connectivity index (χ2v) is 4.06. The fourth-order valence-electron chi connectivity index (χ4n) is 1.41. The number of para-hydroxylation sites is 1. The van der Waals surface area contributed by atoms with Gasteiger partial charge in [0, 0.05) is 0 Å². The van der Waals surface area contributed by atoms with Crippen molar-refractivity contribution in [3.63, 3.8) is 0 Å². The molecule has 0 saturated carbocycles. The van der Waals surface area contributed by atoms with Crippen molar-refractivity contribution >= 4 is 18.1 Å². The van der Waals surface area contributed by atoms with Crippen molar-refractivity contribution in [1.82, 2.24) is 0 Å². The van der Waals surface area contributed by atoms with Crippen LogP contribution in [0.5, 0.6) is 5.75 Å². The average molecular weight is 280 g/mol. The molecule has 0 saturated heterocycles. The van der Waals surface area contributed by atoms with Gasteiger partial charge in [0.05, 0.1) is 0 Å². The van der Waals surface area contributed by atoms with Crippen molar-refractivity contribution < 1.29 is 28.6 Å². The number of carbonyl (C=O) groups excluding carboxylic acids is 3. The van der Waals surface area contributed by atoms with E-state index >= 15 is 0 Å². The predicted molar refractivity (Wildman–Crippen MR) is 69.0 cm³/mol. The molecule has 0 fully saturated rings. The number of carbonyl (C=O) groups is 3. The lowest BCUT2D eigenvalue weighted by atomic mass is 10.2. The lowest BCUT2D eigenvalue weighted by Gasteiger charge is -2.10. The third-order valence-electron chi connectivity index (χ3n) is 2.29. The minimum atomic E-state index is -1.41. The van der Waals surface area contributed by atoms with Crippen molar-refractivity contribution in [3.8, 4) is 5.75 Å². The van der Waals surface area contributed by atoms with Gasteiger partial charge < -0.3 is 14.2 Å². The third-order valence-corrected chi connectivity index (χ3v) is 2.29. The van der Waals surface area contributed by atoms with Crippen LogP contribution in [0.1, 0.15) is 26.7 Å². The van der Waals surface area contributed by atoms with Gasteiger partial charge in [0.25, 0.3) is 0 Å². The van der Waals surface area contributed by atoms with Crippen LogP contribution in [-0.4, -0.2) is 24.2 Å². The van der Waals surface area contributed by atoms with E-state index in [1.54, 1.807) is 25.1 Å². The molecule has 1 aromatic rings. The summed E-state index contributed by atoms with van der Waals surface area (Å²) >= 11 is 0. The molecule has 0 N–H and O–H groups in total. The summed E-state index contributed by atoms with van der Waals surface area (Å²) in [4.78, 5) is 33.9. The van der Waals surface area contributed by atoms with Crippen LogP contribution in [0, 0.1) is 0 Å². The Labute approximate surface area is 116 Å². The summed E-state index contributed by atoms with van der Waals surface area (Å²) in [6.45, 7) is 3.59. The second-order valence-electron chi connectivity index (χ2n) is 4.06. The molecule has 1 rings (SSSR count). The molecule has 0 aliphatic carbocycles. The van der Waals surface area contributed by atoms with E-state index in [9.17, 15) is 14.4 Å². The van der Waals surface area contributed by atoms with Gasteiger partial charge in [0.1, 0.15) is 11.9 Å². The molecule has 0 spiro atoms. The van der Waals surface area contributed by atoms with Crippen molar-refractivity contribution in [1.29, 1.82) is 0 Å². The van der Waals surface area contributed by atoms with Crippen molar-refractivity contribution in [2.45, 2.75) is 32.8 Å². The van der Waals surface area contributed by atoms with E-state index < -0.39 is 18.1 Å². The van der Waals surface area contributed by atoms with E-state index in [1.165, 1.54) is 12.1 Å². The Kier molecular flexibility index (Phi) is 6.22. The van der Waals surface area contributed by atoms with Crippen LogP contribution in [0.4, 0.5) is 4.79 Å². The summed E-state index contributed by atoms with van der Waals surface area (Å²) in [5, 5.41) is 0. The lowest BCUT2D eigenvalue weighted by molar-refractivity contribution is -0.160. The van der Waals surface area contributed by atoms with E-state index in [0.29, 0.717) is 6.42 Å². The Hall–Kier alpha value is -2.37. The van der Waals surface area contributed by atoms with Crippen LogP contribution >= 0.6 is 0 Å². The SMILES string of the molecule is CCCC(C)OC(=O)OC(=O)C(=O)Oc1ccccc1. The monoisotopic (exact) mass is 280 g/mol. The van der Waals surface area contributed by atoms with Crippen molar-refractivity contribution in [3.05, 3.63) is 30.3 Å². The van der Waals surface area contributed by atoms with Gasteiger partial charge in [-0.15, -0.1) is 0 Å². The summed E-state index contributed by atoms with van der Waals surface area (Å²) in [7, 11) is 0. The third kappa shape index (κ3) is 5.51. The van der Waals surface area contributed by atoms with E-state index in [-0.39, 0.29) is 11.9 Å². The highest BCUT2D eigenvalue weighted by atomic mass is 16.8. The number of ether oxygens (including phenoxy) is 3. The minimum absolute atomic E-state index is 0.183. The number of rotatable bonds is 4. The maximum Gasteiger partial charge on any atom is 0.516 e. The molecule has 0 amide bonds. The first kappa shape index (κ1) is 15.7.